The van der Waals surface area contributed by atoms with Gasteiger partial charge < -0.3 is 9.47 Å². The maximum atomic E-state index is 12.3. The lowest BCUT2D eigenvalue weighted by Gasteiger charge is -2.08. The molecule has 0 aromatic heterocycles. The highest BCUT2D eigenvalue weighted by Gasteiger charge is 2.51. The second-order valence-electron chi connectivity index (χ2n) is 6.27. The van der Waals surface area contributed by atoms with E-state index in [4.69, 9.17) is 9.47 Å². The quantitative estimate of drug-likeness (QED) is 0.584. The third-order valence-corrected chi connectivity index (χ3v) is 5.50. The van der Waals surface area contributed by atoms with Crippen molar-refractivity contribution >= 4 is 10.0 Å². The minimum absolute atomic E-state index is 0.0684. The Labute approximate surface area is 138 Å². The molecule has 1 saturated heterocycles. The molecule has 2 unspecified atom stereocenters. The van der Waals surface area contributed by atoms with Crippen molar-refractivity contribution in [1.29, 1.82) is 0 Å². The van der Waals surface area contributed by atoms with E-state index in [9.17, 15) is 8.42 Å². The van der Waals surface area contributed by atoms with Crippen LogP contribution in [0.1, 0.15) is 33.6 Å². The van der Waals surface area contributed by atoms with Gasteiger partial charge in [-0.15, -0.1) is 0 Å². The van der Waals surface area contributed by atoms with Crippen molar-refractivity contribution in [3.05, 3.63) is 35.9 Å². The molecule has 1 fully saturated rings. The van der Waals surface area contributed by atoms with Crippen LogP contribution in [0.15, 0.2) is 40.8 Å². The Kier molecular flexibility index (Phi) is 5.49. The van der Waals surface area contributed by atoms with Crippen LogP contribution in [-0.2, 0) is 14.8 Å². The number of benzene rings is 1. The highest BCUT2D eigenvalue weighted by molar-refractivity contribution is 7.89. The van der Waals surface area contributed by atoms with E-state index in [1.54, 1.807) is 19.2 Å². The molecule has 0 aliphatic carbocycles. The summed E-state index contributed by atoms with van der Waals surface area (Å²) in [5, 5.41) is 0. The Morgan fingerprint density at radius 1 is 1.35 bits per heavy atom. The molecule has 1 aliphatic rings. The van der Waals surface area contributed by atoms with Crippen LogP contribution in [0.2, 0.25) is 0 Å². The number of epoxide rings is 1. The van der Waals surface area contributed by atoms with E-state index in [2.05, 4.69) is 24.6 Å². The fourth-order valence-electron chi connectivity index (χ4n) is 2.44. The summed E-state index contributed by atoms with van der Waals surface area (Å²) in [4.78, 5) is 0.227. The first kappa shape index (κ1) is 18.0. The van der Waals surface area contributed by atoms with Crippen molar-refractivity contribution in [2.24, 2.45) is 0 Å². The van der Waals surface area contributed by atoms with Gasteiger partial charge in [-0.05, 0) is 57.9 Å². The summed E-state index contributed by atoms with van der Waals surface area (Å²) in [6.45, 7) is 6.45. The Morgan fingerprint density at radius 2 is 2.00 bits per heavy atom. The highest BCUT2D eigenvalue weighted by atomic mass is 32.2. The predicted octanol–water partition coefficient (Wildman–Crippen LogP) is 2.88. The van der Waals surface area contributed by atoms with Crippen molar-refractivity contribution in [3.8, 4) is 5.75 Å². The average Bonchev–Trinajstić information content (AvgIpc) is 3.15. The van der Waals surface area contributed by atoms with Crippen LogP contribution < -0.4 is 9.46 Å². The van der Waals surface area contributed by atoms with Gasteiger partial charge in [0.2, 0.25) is 10.0 Å². The zero-order valence-electron chi connectivity index (χ0n) is 14.1. The Morgan fingerprint density at radius 3 is 2.57 bits per heavy atom. The Hall–Kier alpha value is -1.37. The van der Waals surface area contributed by atoms with Crippen LogP contribution >= 0.6 is 0 Å². The Bertz CT molecular complexity index is 662. The highest BCUT2D eigenvalue weighted by Crippen LogP contribution is 2.40. The third-order valence-electron chi connectivity index (χ3n) is 4.06. The second-order valence-corrected chi connectivity index (χ2v) is 8.03. The summed E-state index contributed by atoms with van der Waals surface area (Å²) in [5.41, 5.74) is 1.06. The van der Waals surface area contributed by atoms with Crippen LogP contribution in [0, 0.1) is 0 Å². The van der Waals surface area contributed by atoms with Gasteiger partial charge in [-0.1, -0.05) is 11.6 Å². The van der Waals surface area contributed by atoms with Crippen molar-refractivity contribution in [1.82, 2.24) is 4.72 Å². The minimum atomic E-state index is -3.52. The lowest BCUT2D eigenvalue weighted by Crippen LogP contribution is -2.30. The van der Waals surface area contributed by atoms with E-state index in [0.717, 1.165) is 12.8 Å². The van der Waals surface area contributed by atoms with Crippen LogP contribution in [-0.4, -0.2) is 33.8 Å². The van der Waals surface area contributed by atoms with E-state index in [0.29, 0.717) is 12.3 Å². The van der Waals surface area contributed by atoms with E-state index in [-0.39, 0.29) is 16.6 Å². The van der Waals surface area contributed by atoms with Crippen molar-refractivity contribution in [2.75, 3.05) is 13.7 Å². The molecular formula is C17H25NO4S. The van der Waals surface area contributed by atoms with Gasteiger partial charge >= 0.3 is 0 Å². The molecule has 128 valence electrons. The van der Waals surface area contributed by atoms with Gasteiger partial charge in [-0.2, -0.15) is 0 Å². The lowest BCUT2D eigenvalue weighted by molar-refractivity contribution is 0.297. The van der Waals surface area contributed by atoms with E-state index < -0.39 is 10.0 Å². The van der Waals surface area contributed by atoms with Crippen molar-refractivity contribution in [3.63, 3.8) is 0 Å². The van der Waals surface area contributed by atoms with E-state index in [1.807, 2.05) is 6.92 Å². The molecule has 5 nitrogen and oxygen atoms in total. The fraction of sp³-hybridized carbons (Fsp3) is 0.529. The summed E-state index contributed by atoms with van der Waals surface area (Å²) < 4.78 is 37.9. The van der Waals surface area contributed by atoms with Gasteiger partial charge in [0.15, 0.2) is 0 Å². The van der Waals surface area contributed by atoms with E-state index in [1.165, 1.54) is 17.7 Å². The summed E-state index contributed by atoms with van der Waals surface area (Å²) in [6.07, 6.45) is 3.94. The maximum absolute atomic E-state index is 12.3. The fourth-order valence-corrected chi connectivity index (χ4v) is 3.47. The summed E-state index contributed by atoms with van der Waals surface area (Å²) in [5.74, 6) is 0.626. The number of hydrogen-bond donors (Lipinski definition) is 1. The van der Waals surface area contributed by atoms with Crippen LogP contribution in [0.4, 0.5) is 0 Å². The smallest absolute Gasteiger partial charge is 0.240 e. The van der Waals surface area contributed by atoms with Gasteiger partial charge in [0, 0.05) is 6.54 Å². The van der Waals surface area contributed by atoms with Gasteiger partial charge in [-0.25, -0.2) is 13.1 Å². The molecule has 0 spiro atoms. The monoisotopic (exact) mass is 339 g/mol. The molecule has 2 rings (SSSR count). The number of hydrogen-bond acceptors (Lipinski definition) is 4. The van der Waals surface area contributed by atoms with Gasteiger partial charge in [-0.3, -0.25) is 0 Å². The molecule has 0 radical (unpaired) electrons. The molecule has 1 heterocycles. The van der Waals surface area contributed by atoms with Crippen LogP contribution in [0.25, 0.3) is 0 Å². The topological polar surface area (TPSA) is 67.9 Å². The van der Waals surface area contributed by atoms with Gasteiger partial charge in [0.25, 0.3) is 0 Å². The molecule has 0 bridgehead atoms. The molecule has 1 aromatic carbocycles. The van der Waals surface area contributed by atoms with Crippen LogP contribution in [0.3, 0.4) is 0 Å². The number of rotatable bonds is 8. The number of allylic oxidation sites excluding steroid dienone is 2. The molecule has 23 heavy (non-hydrogen) atoms. The number of ether oxygens (including phenoxy) is 2. The minimum Gasteiger partial charge on any atom is -0.497 e. The normalized spacial score (nSPS) is 23.4. The molecular weight excluding hydrogens is 314 g/mol. The Balaban J connectivity index is 1.87. The molecule has 1 aliphatic heterocycles. The second kappa shape index (κ2) is 7.03. The van der Waals surface area contributed by atoms with Crippen molar-refractivity contribution < 1.29 is 17.9 Å². The average molecular weight is 339 g/mol. The zero-order valence-corrected chi connectivity index (χ0v) is 14.9. The number of sulfonamides is 1. The molecule has 1 N–H and O–H groups in total. The zero-order chi connectivity index (χ0) is 17.1. The summed E-state index contributed by atoms with van der Waals surface area (Å²) in [7, 11) is -1.98. The van der Waals surface area contributed by atoms with Crippen molar-refractivity contribution in [2.45, 2.75) is 50.2 Å². The molecule has 2 atom stereocenters. The third kappa shape index (κ3) is 4.80. The van der Waals surface area contributed by atoms with Gasteiger partial charge in [0.05, 0.1) is 17.6 Å². The number of methoxy groups -OCH3 is 1. The first-order chi connectivity index (χ1) is 10.8. The SMILES string of the molecule is COc1ccc(S(=O)(=O)NCC2OC2(C)CCC=C(C)C)cc1. The molecule has 1 aromatic rings. The lowest BCUT2D eigenvalue weighted by atomic mass is 10.0. The van der Waals surface area contributed by atoms with Gasteiger partial charge in [0.1, 0.15) is 11.9 Å². The number of nitrogens with one attached hydrogen (secondary N) is 1. The van der Waals surface area contributed by atoms with Crippen LogP contribution in [0.5, 0.6) is 5.75 Å². The largest absolute Gasteiger partial charge is 0.497 e. The predicted molar refractivity (Wildman–Crippen MR) is 90.1 cm³/mol. The summed E-state index contributed by atoms with van der Waals surface area (Å²) in [6, 6.07) is 6.32. The standard InChI is InChI=1S/C17H25NO4S/c1-13(2)6-5-11-17(3)16(22-17)12-18-23(19,20)15-9-7-14(21-4)8-10-15/h6-10,16,18H,5,11-12H2,1-4H3. The van der Waals surface area contributed by atoms with E-state index >= 15 is 0 Å². The first-order valence-corrected chi connectivity index (χ1v) is 9.20. The molecule has 6 heteroatoms. The molecule has 0 saturated carbocycles. The summed E-state index contributed by atoms with van der Waals surface area (Å²) >= 11 is 0. The maximum Gasteiger partial charge on any atom is 0.240 e. The molecule has 0 amide bonds. The first-order valence-electron chi connectivity index (χ1n) is 7.72.